The van der Waals surface area contributed by atoms with Gasteiger partial charge in [-0.15, -0.1) is 0 Å². The molecule has 0 heterocycles. The number of carbonyl (C=O) groups is 2. The number of amides is 2. The first-order chi connectivity index (χ1) is 12.5. The summed E-state index contributed by atoms with van der Waals surface area (Å²) in [6.07, 6.45) is 1.12. The van der Waals surface area contributed by atoms with Gasteiger partial charge in [-0.3, -0.25) is 9.59 Å². The number of nitrogens with one attached hydrogen (secondary N) is 1. The van der Waals surface area contributed by atoms with Crippen molar-refractivity contribution >= 4 is 23.4 Å². The lowest BCUT2D eigenvalue weighted by Crippen LogP contribution is -2.47. The van der Waals surface area contributed by atoms with Crippen LogP contribution >= 0.6 is 11.6 Å². The van der Waals surface area contributed by atoms with Gasteiger partial charge in [-0.1, -0.05) is 61.0 Å². The van der Waals surface area contributed by atoms with Crippen LogP contribution in [0, 0.1) is 0 Å². The third-order valence-electron chi connectivity index (χ3n) is 4.29. The summed E-state index contributed by atoms with van der Waals surface area (Å²) in [5, 5.41) is 3.58. The van der Waals surface area contributed by atoms with Crippen molar-refractivity contribution < 1.29 is 9.59 Å². The zero-order chi connectivity index (χ0) is 18.9. The van der Waals surface area contributed by atoms with E-state index in [4.69, 9.17) is 11.6 Å². The maximum absolute atomic E-state index is 12.5. The van der Waals surface area contributed by atoms with Crippen LogP contribution in [-0.2, 0) is 22.6 Å². The van der Waals surface area contributed by atoms with E-state index in [1.165, 1.54) is 5.56 Å². The molecule has 0 saturated carbocycles. The van der Waals surface area contributed by atoms with E-state index in [0.29, 0.717) is 24.5 Å². The summed E-state index contributed by atoms with van der Waals surface area (Å²) in [5.74, 6) is -0.192. The molecule has 0 saturated heterocycles. The number of halogens is 1. The molecule has 0 aromatic heterocycles. The number of benzene rings is 2. The van der Waals surface area contributed by atoms with Crippen LogP contribution < -0.4 is 5.32 Å². The minimum absolute atomic E-state index is 0.0503. The van der Waals surface area contributed by atoms with Crippen molar-refractivity contribution in [1.82, 2.24) is 10.2 Å². The zero-order valence-corrected chi connectivity index (χ0v) is 16.0. The molecule has 0 fully saturated rings. The van der Waals surface area contributed by atoms with Crippen molar-refractivity contribution in [2.75, 3.05) is 6.54 Å². The van der Waals surface area contributed by atoms with E-state index in [1.807, 2.05) is 42.5 Å². The van der Waals surface area contributed by atoms with Crippen LogP contribution in [0.3, 0.4) is 0 Å². The van der Waals surface area contributed by atoms with Gasteiger partial charge in [0.2, 0.25) is 11.8 Å². The maximum Gasteiger partial charge on any atom is 0.242 e. The summed E-state index contributed by atoms with van der Waals surface area (Å²) < 4.78 is 0. The van der Waals surface area contributed by atoms with Crippen LogP contribution in [0.4, 0.5) is 0 Å². The average molecular weight is 373 g/mol. The Hall–Kier alpha value is -2.33. The highest BCUT2D eigenvalue weighted by Gasteiger charge is 2.24. The van der Waals surface area contributed by atoms with Crippen LogP contribution in [-0.4, -0.2) is 29.3 Å². The van der Waals surface area contributed by atoms with Crippen LogP contribution in [0.1, 0.15) is 31.4 Å². The Bertz CT molecular complexity index is 717. The van der Waals surface area contributed by atoms with E-state index in [9.17, 15) is 9.59 Å². The second-order valence-corrected chi connectivity index (χ2v) is 6.64. The molecule has 0 aliphatic rings. The average Bonchev–Trinajstić information content (AvgIpc) is 2.67. The van der Waals surface area contributed by atoms with E-state index in [2.05, 4.69) is 5.32 Å². The fraction of sp³-hybridized carbons (Fsp3) is 0.333. The molecule has 1 atom stereocenters. The summed E-state index contributed by atoms with van der Waals surface area (Å²) in [4.78, 5) is 26.5. The van der Waals surface area contributed by atoms with Gasteiger partial charge in [0.1, 0.15) is 6.04 Å². The molecule has 4 nitrogen and oxygen atoms in total. The van der Waals surface area contributed by atoms with Gasteiger partial charge in [0.05, 0.1) is 0 Å². The van der Waals surface area contributed by atoms with Gasteiger partial charge in [0.15, 0.2) is 0 Å². The third kappa shape index (κ3) is 5.88. The molecule has 0 radical (unpaired) electrons. The van der Waals surface area contributed by atoms with Gasteiger partial charge in [-0.05, 0) is 36.6 Å². The first-order valence-electron chi connectivity index (χ1n) is 8.86. The Morgan fingerprint density at radius 3 is 2.31 bits per heavy atom. The SMILES string of the molecule is CCC(=O)N(Cc1ccc(Cl)cc1)[C@H](C)C(=O)NCCc1ccccc1. The standard InChI is InChI=1S/C21H25ClN2O2/c1-3-20(25)24(15-18-9-11-19(22)12-10-18)16(2)21(26)23-14-13-17-7-5-4-6-8-17/h4-12,16H,3,13-15H2,1-2H3,(H,23,26)/t16-/m1/s1. The van der Waals surface area contributed by atoms with E-state index >= 15 is 0 Å². The molecule has 0 bridgehead atoms. The highest BCUT2D eigenvalue weighted by molar-refractivity contribution is 6.30. The Labute approximate surface area is 160 Å². The van der Waals surface area contributed by atoms with Crippen molar-refractivity contribution in [3.8, 4) is 0 Å². The van der Waals surface area contributed by atoms with Crippen molar-refractivity contribution in [3.63, 3.8) is 0 Å². The molecule has 2 aromatic rings. The lowest BCUT2D eigenvalue weighted by molar-refractivity contribution is -0.140. The highest BCUT2D eigenvalue weighted by Crippen LogP contribution is 2.14. The van der Waals surface area contributed by atoms with Crippen LogP contribution in [0.2, 0.25) is 5.02 Å². The number of nitrogens with zero attached hydrogens (tertiary/aromatic N) is 1. The van der Waals surface area contributed by atoms with Crippen LogP contribution in [0.15, 0.2) is 54.6 Å². The summed E-state index contributed by atoms with van der Waals surface area (Å²) >= 11 is 5.91. The van der Waals surface area contributed by atoms with Crippen molar-refractivity contribution in [1.29, 1.82) is 0 Å². The fourth-order valence-corrected chi connectivity index (χ4v) is 2.82. The quantitative estimate of drug-likeness (QED) is 0.765. The van der Waals surface area contributed by atoms with Crippen molar-refractivity contribution in [3.05, 3.63) is 70.7 Å². The van der Waals surface area contributed by atoms with Crippen LogP contribution in [0.25, 0.3) is 0 Å². The van der Waals surface area contributed by atoms with E-state index in [1.54, 1.807) is 30.9 Å². The second-order valence-electron chi connectivity index (χ2n) is 6.20. The van der Waals surface area contributed by atoms with E-state index in [0.717, 1.165) is 12.0 Å². The Morgan fingerprint density at radius 2 is 1.69 bits per heavy atom. The summed E-state index contributed by atoms with van der Waals surface area (Å²) in [6.45, 7) is 4.50. The molecule has 0 spiro atoms. The topological polar surface area (TPSA) is 49.4 Å². The predicted molar refractivity (Wildman–Crippen MR) is 105 cm³/mol. The van der Waals surface area contributed by atoms with Gasteiger partial charge < -0.3 is 10.2 Å². The van der Waals surface area contributed by atoms with E-state index < -0.39 is 6.04 Å². The largest absolute Gasteiger partial charge is 0.354 e. The number of hydrogen-bond donors (Lipinski definition) is 1. The molecule has 5 heteroatoms. The molecule has 138 valence electrons. The minimum atomic E-state index is -0.533. The number of carbonyl (C=O) groups excluding carboxylic acids is 2. The molecular formula is C21H25ClN2O2. The van der Waals surface area contributed by atoms with Gasteiger partial charge in [-0.25, -0.2) is 0 Å². The fourth-order valence-electron chi connectivity index (χ4n) is 2.69. The molecule has 1 N–H and O–H groups in total. The van der Waals surface area contributed by atoms with Gasteiger partial charge in [0.25, 0.3) is 0 Å². The predicted octanol–water partition coefficient (Wildman–Crippen LogP) is 3.83. The lowest BCUT2D eigenvalue weighted by atomic mass is 10.1. The van der Waals surface area contributed by atoms with Gasteiger partial charge in [-0.2, -0.15) is 0 Å². The monoisotopic (exact) mass is 372 g/mol. The smallest absolute Gasteiger partial charge is 0.242 e. The summed E-state index contributed by atoms with van der Waals surface area (Å²) in [7, 11) is 0. The molecule has 2 rings (SSSR count). The molecule has 0 unspecified atom stereocenters. The third-order valence-corrected chi connectivity index (χ3v) is 4.54. The lowest BCUT2D eigenvalue weighted by Gasteiger charge is -2.28. The molecule has 0 aliphatic carbocycles. The summed E-state index contributed by atoms with van der Waals surface area (Å²) in [5.41, 5.74) is 2.11. The zero-order valence-electron chi connectivity index (χ0n) is 15.2. The second kappa shape index (κ2) is 9.97. The van der Waals surface area contributed by atoms with Gasteiger partial charge in [0, 0.05) is 24.5 Å². The molecule has 2 amide bonds. The molecule has 2 aromatic carbocycles. The maximum atomic E-state index is 12.5. The Morgan fingerprint density at radius 1 is 1.04 bits per heavy atom. The summed E-state index contributed by atoms with van der Waals surface area (Å²) in [6, 6.07) is 16.8. The normalized spacial score (nSPS) is 11.7. The van der Waals surface area contributed by atoms with Crippen molar-refractivity contribution in [2.45, 2.75) is 39.3 Å². The molecule has 0 aliphatic heterocycles. The first-order valence-corrected chi connectivity index (χ1v) is 9.24. The Kier molecular flexibility index (Phi) is 7.67. The molecular weight excluding hydrogens is 348 g/mol. The molecule has 26 heavy (non-hydrogen) atoms. The Balaban J connectivity index is 1.96. The van der Waals surface area contributed by atoms with E-state index in [-0.39, 0.29) is 11.8 Å². The van der Waals surface area contributed by atoms with Gasteiger partial charge >= 0.3 is 0 Å². The number of hydrogen-bond acceptors (Lipinski definition) is 2. The highest BCUT2D eigenvalue weighted by atomic mass is 35.5. The number of rotatable bonds is 8. The minimum Gasteiger partial charge on any atom is -0.354 e. The van der Waals surface area contributed by atoms with Crippen molar-refractivity contribution in [2.24, 2.45) is 0 Å². The van der Waals surface area contributed by atoms with Crippen LogP contribution in [0.5, 0.6) is 0 Å². The first kappa shape index (κ1) is 20.0.